The lowest BCUT2D eigenvalue weighted by Crippen LogP contribution is -2.26. The van der Waals surface area contributed by atoms with Crippen molar-refractivity contribution in [1.29, 1.82) is 0 Å². The number of amides is 1. The fourth-order valence-electron chi connectivity index (χ4n) is 2.30. The molecule has 0 saturated heterocycles. The zero-order chi connectivity index (χ0) is 15.9. The van der Waals surface area contributed by atoms with Crippen molar-refractivity contribution in [2.45, 2.75) is 31.6 Å². The Morgan fingerprint density at radius 2 is 2.00 bits per heavy atom. The highest BCUT2D eigenvalue weighted by atomic mass is 32.2. The molecule has 0 fully saturated rings. The van der Waals surface area contributed by atoms with E-state index in [0.717, 1.165) is 35.7 Å². The minimum Gasteiger partial charge on any atom is -0.356 e. The van der Waals surface area contributed by atoms with Crippen molar-refractivity contribution >= 4 is 17.7 Å². The number of hydrogen-bond acceptors (Lipinski definition) is 3. The summed E-state index contributed by atoms with van der Waals surface area (Å²) in [7, 11) is 1.91. The topological polar surface area (TPSA) is 46.9 Å². The SMILES string of the molecule is Cc1nn(C)c(C)c1CC(=O)NCCCSc1ccccc1. The van der Waals surface area contributed by atoms with Crippen LogP contribution in [0.4, 0.5) is 0 Å². The van der Waals surface area contributed by atoms with E-state index in [-0.39, 0.29) is 5.91 Å². The Kier molecular flexibility index (Phi) is 6.07. The highest BCUT2D eigenvalue weighted by Gasteiger charge is 2.12. The van der Waals surface area contributed by atoms with Crippen molar-refractivity contribution < 1.29 is 4.79 Å². The third-order valence-electron chi connectivity index (χ3n) is 3.65. The molecule has 1 aromatic heterocycles. The number of nitrogens with one attached hydrogen (secondary N) is 1. The molecule has 4 nitrogen and oxygen atoms in total. The molecule has 0 aliphatic heterocycles. The molecule has 0 bridgehead atoms. The monoisotopic (exact) mass is 317 g/mol. The molecular formula is C17H23N3OS. The van der Waals surface area contributed by atoms with Gasteiger partial charge in [-0.05, 0) is 38.2 Å². The van der Waals surface area contributed by atoms with Crippen LogP contribution in [0, 0.1) is 13.8 Å². The molecule has 2 rings (SSSR count). The maximum absolute atomic E-state index is 12.0. The Hall–Kier alpha value is -1.75. The van der Waals surface area contributed by atoms with Gasteiger partial charge in [0.25, 0.3) is 0 Å². The average molecular weight is 317 g/mol. The average Bonchev–Trinajstić information content (AvgIpc) is 2.74. The first-order chi connectivity index (χ1) is 10.6. The van der Waals surface area contributed by atoms with Gasteiger partial charge in [0.05, 0.1) is 12.1 Å². The maximum Gasteiger partial charge on any atom is 0.224 e. The zero-order valence-electron chi connectivity index (χ0n) is 13.4. The second-order valence-corrected chi connectivity index (χ2v) is 6.48. The van der Waals surface area contributed by atoms with E-state index in [1.165, 1.54) is 4.90 Å². The summed E-state index contributed by atoms with van der Waals surface area (Å²) >= 11 is 1.82. The molecule has 1 amide bonds. The Morgan fingerprint density at radius 3 is 2.64 bits per heavy atom. The number of carbonyl (C=O) groups excluding carboxylic acids is 1. The number of aryl methyl sites for hydroxylation is 2. The Bertz CT molecular complexity index is 622. The van der Waals surface area contributed by atoms with E-state index in [2.05, 4.69) is 22.5 Å². The van der Waals surface area contributed by atoms with Gasteiger partial charge in [-0.15, -0.1) is 11.8 Å². The first-order valence-corrected chi connectivity index (χ1v) is 8.50. The van der Waals surface area contributed by atoms with Crippen molar-refractivity contribution in [3.8, 4) is 0 Å². The lowest BCUT2D eigenvalue weighted by Gasteiger charge is -2.06. The van der Waals surface area contributed by atoms with Crippen LogP contribution in [0.15, 0.2) is 35.2 Å². The lowest BCUT2D eigenvalue weighted by molar-refractivity contribution is -0.120. The number of benzene rings is 1. The molecule has 0 unspecified atom stereocenters. The van der Waals surface area contributed by atoms with Gasteiger partial charge in [0.1, 0.15) is 0 Å². The predicted molar refractivity (Wildman–Crippen MR) is 91.2 cm³/mol. The largest absolute Gasteiger partial charge is 0.356 e. The van der Waals surface area contributed by atoms with Gasteiger partial charge in [0.2, 0.25) is 5.91 Å². The van der Waals surface area contributed by atoms with Crippen LogP contribution in [0.1, 0.15) is 23.4 Å². The summed E-state index contributed by atoms with van der Waals surface area (Å²) in [5, 5.41) is 7.33. The minimum absolute atomic E-state index is 0.0731. The summed E-state index contributed by atoms with van der Waals surface area (Å²) in [6.45, 7) is 4.67. The number of carbonyl (C=O) groups is 1. The molecule has 0 saturated carbocycles. The number of rotatable bonds is 7. The van der Waals surface area contributed by atoms with E-state index < -0.39 is 0 Å². The normalized spacial score (nSPS) is 10.7. The molecular weight excluding hydrogens is 294 g/mol. The number of thioether (sulfide) groups is 1. The Morgan fingerprint density at radius 1 is 1.27 bits per heavy atom. The molecule has 0 spiro atoms. The highest BCUT2D eigenvalue weighted by molar-refractivity contribution is 7.99. The van der Waals surface area contributed by atoms with Gasteiger partial charge < -0.3 is 5.32 Å². The lowest BCUT2D eigenvalue weighted by atomic mass is 10.1. The second-order valence-electron chi connectivity index (χ2n) is 5.31. The van der Waals surface area contributed by atoms with Crippen molar-refractivity contribution in [3.05, 3.63) is 47.3 Å². The summed E-state index contributed by atoms with van der Waals surface area (Å²) in [5.41, 5.74) is 3.04. The smallest absolute Gasteiger partial charge is 0.224 e. The van der Waals surface area contributed by atoms with Gasteiger partial charge in [-0.2, -0.15) is 5.10 Å². The van der Waals surface area contributed by atoms with Crippen LogP contribution in [0.2, 0.25) is 0 Å². The first-order valence-electron chi connectivity index (χ1n) is 7.51. The fraction of sp³-hybridized carbons (Fsp3) is 0.412. The number of nitrogens with zero attached hydrogens (tertiary/aromatic N) is 2. The van der Waals surface area contributed by atoms with Crippen LogP contribution < -0.4 is 5.32 Å². The molecule has 0 aliphatic carbocycles. The molecule has 0 aliphatic rings. The van der Waals surface area contributed by atoms with E-state index in [1.54, 1.807) is 0 Å². The third kappa shape index (κ3) is 4.63. The van der Waals surface area contributed by atoms with Crippen molar-refractivity contribution in [2.75, 3.05) is 12.3 Å². The van der Waals surface area contributed by atoms with Crippen molar-refractivity contribution in [1.82, 2.24) is 15.1 Å². The molecule has 22 heavy (non-hydrogen) atoms. The summed E-state index contributed by atoms with van der Waals surface area (Å²) in [6.07, 6.45) is 1.38. The summed E-state index contributed by atoms with van der Waals surface area (Å²) in [5.74, 6) is 1.08. The van der Waals surface area contributed by atoms with Crippen LogP contribution in [-0.2, 0) is 18.3 Å². The fourth-order valence-corrected chi connectivity index (χ4v) is 3.18. The van der Waals surface area contributed by atoms with Crippen LogP contribution in [0.3, 0.4) is 0 Å². The molecule has 1 N–H and O–H groups in total. The van der Waals surface area contributed by atoms with E-state index in [4.69, 9.17) is 0 Å². The Balaban J connectivity index is 1.68. The molecule has 118 valence electrons. The number of aromatic nitrogens is 2. The van der Waals surface area contributed by atoms with E-state index in [9.17, 15) is 4.79 Å². The zero-order valence-corrected chi connectivity index (χ0v) is 14.2. The van der Waals surface area contributed by atoms with E-state index in [0.29, 0.717) is 6.42 Å². The van der Waals surface area contributed by atoms with Crippen LogP contribution in [0.5, 0.6) is 0 Å². The van der Waals surface area contributed by atoms with Gasteiger partial charge in [-0.1, -0.05) is 18.2 Å². The summed E-state index contributed by atoms with van der Waals surface area (Å²) < 4.78 is 1.83. The second kappa shape index (κ2) is 8.03. The van der Waals surface area contributed by atoms with Gasteiger partial charge in [-0.25, -0.2) is 0 Å². The van der Waals surface area contributed by atoms with E-state index in [1.807, 2.05) is 55.5 Å². The van der Waals surface area contributed by atoms with E-state index >= 15 is 0 Å². The summed E-state index contributed by atoms with van der Waals surface area (Å²) in [4.78, 5) is 13.3. The maximum atomic E-state index is 12.0. The van der Waals surface area contributed by atoms with Crippen molar-refractivity contribution in [3.63, 3.8) is 0 Å². The van der Waals surface area contributed by atoms with Crippen LogP contribution in [-0.4, -0.2) is 28.0 Å². The van der Waals surface area contributed by atoms with Gasteiger partial charge in [0.15, 0.2) is 0 Å². The van der Waals surface area contributed by atoms with Gasteiger partial charge in [-0.3, -0.25) is 9.48 Å². The van der Waals surface area contributed by atoms with Gasteiger partial charge >= 0.3 is 0 Å². The molecule has 0 atom stereocenters. The summed E-state index contributed by atoms with van der Waals surface area (Å²) in [6, 6.07) is 10.3. The molecule has 2 aromatic rings. The van der Waals surface area contributed by atoms with Gasteiger partial charge in [0, 0.05) is 29.7 Å². The standard InChI is InChI=1S/C17H23N3OS/c1-13-16(14(2)20(3)19-13)12-17(21)18-10-7-11-22-15-8-5-4-6-9-15/h4-6,8-9H,7,10-12H2,1-3H3,(H,18,21). The molecule has 1 aromatic carbocycles. The third-order valence-corrected chi connectivity index (χ3v) is 4.75. The Labute approximate surface area is 136 Å². The highest BCUT2D eigenvalue weighted by Crippen LogP contribution is 2.17. The first kappa shape index (κ1) is 16.6. The van der Waals surface area contributed by atoms with Crippen LogP contribution >= 0.6 is 11.8 Å². The van der Waals surface area contributed by atoms with Crippen molar-refractivity contribution in [2.24, 2.45) is 7.05 Å². The number of hydrogen-bond donors (Lipinski definition) is 1. The van der Waals surface area contributed by atoms with Crippen LogP contribution in [0.25, 0.3) is 0 Å². The molecule has 0 radical (unpaired) electrons. The minimum atomic E-state index is 0.0731. The quantitative estimate of drug-likeness (QED) is 0.631. The molecule has 5 heteroatoms. The molecule has 1 heterocycles. The predicted octanol–water partition coefficient (Wildman–Crippen LogP) is 2.88.